The molecule has 0 saturated carbocycles. The molecule has 1 aliphatic rings. The van der Waals surface area contributed by atoms with Crippen molar-refractivity contribution in [2.75, 3.05) is 19.6 Å². The first-order valence-corrected chi connectivity index (χ1v) is 6.30. The summed E-state index contributed by atoms with van der Waals surface area (Å²) in [5, 5.41) is 3.40. The Balaban J connectivity index is 1.96. The fourth-order valence-corrected chi connectivity index (χ4v) is 2.02. The van der Waals surface area contributed by atoms with Crippen molar-refractivity contribution >= 4 is 6.09 Å². The maximum absolute atomic E-state index is 12.0. The number of ether oxygens (including phenoxy) is 1. The maximum Gasteiger partial charge on any atom is 0.410 e. The van der Waals surface area contributed by atoms with E-state index in [1.165, 1.54) is 5.56 Å². The van der Waals surface area contributed by atoms with Gasteiger partial charge in [0.15, 0.2) is 0 Å². The van der Waals surface area contributed by atoms with Crippen LogP contribution in [0.4, 0.5) is 4.79 Å². The minimum atomic E-state index is -0.439. The van der Waals surface area contributed by atoms with Gasteiger partial charge in [0.25, 0.3) is 0 Å². The second-order valence-corrected chi connectivity index (χ2v) is 5.58. The molecule has 1 aromatic rings. The van der Waals surface area contributed by atoms with Gasteiger partial charge >= 0.3 is 6.09 Å². The van der Waals surface area contributed by atoms with Crippen molar-refractivity contribution in [3.05, 3.63) is 24.0 Å². The number of hydrogen-bond acceptors (Lipinski definition) is 3. The van der Waals surface area contributed by atoms with Gasteiger partial charge in [-0.05, 0) is 32.4 Å². The Morgan fingerprint density at radius 3 is 2.89 bits per heavy atom. The summed E-state index contributed by atoms with van der Waals surface area (Å²) in [6.07, 6.45) is 3.62. The number of aromatic nitrogens is 1. The lowest BCUT2D eigenvalue weighted by atomic mass is 10.1. The molecule has 5 heteroatoms. The van der Waals surface area contributed by atoms with Crippen molar-refractivity contribution < 1.29 is 9.53 Å². The monoisotopic (exact) mass is 251 g/mol. The molecule has 2 heterocycles. The third-order valence-electron chi connectivity index (χ3n) is 2.85. The summed E-state index contributed by atoms with van der Waals surface area (Å²) in [6.45, 7) is 7.78. The summed E-state index contributed by atoms with van der Waals surface area (Å²) in [5.41, 5.74) is 0.731. The molecule has 0 spiro atoms. The molecule has 1 aliphatic heterocycles. The third kappa shape index (κ3) is 3.26. The highest BCUT2D eigenvalue weighted by Gasteiger charge is 2.27. The lowest BCUT2D eigenvalue weighted by Crippen LogP contribution is -2.49. The van der Waals surface area contributed by atoms with E-state index in [0.29, 0.717) is 13.1 Å². The summed E-state index contributed by atoms with van der Waals surface area (Å²) < 4.78 is 5.39. The molecule has 1 fully saturated rings. The fourth-order valence-electron chi connectivity index (χ4n) is 2.02. The Morgan fingerprint density at radius 1 is 1.50 bits per heavy atom. The van der Waals surface area contributed by atoms with Crippen LogP contribution in [0.15, 0.2) is 18.5 Å². The number of nitrogens with one attached hydrogen (secondary N) is 2. The zero-order valence-electron chi connectivity index (χ0n) is 11.2. The fraction of sp³-hybridized carbons (Fsp3) is 0.615. The molecule has 100 valence electrons. The summed E-state index contributed by atoms with van der Waals surface area (Å²) >= 11 is 0. The van der Waals surface area contributed by atoms with Gasteiger partial charge in [0, 0.05) is 32.0 Å². The first-order chi connectivity index (χ1) is 8.46. The van der Waals surface area contributed by atoms with E-state index in [1.807, 2.05) is 39.2 Å². The number of aromatic amines is 1. The number of piperazine rings is 1. The molecule has 0 aromatic carbocycles. The van der Waals surface area contributed by atoms with Crippen molar-refractivity contribution in [1.82, 2.24) is 15.2 Å². The predicted octanol–water partition coefficient (Wildman–Crippen LogP) is 1.90. The minimum absolute atomic E-state index is 0.178. The summed E-state index contributed by atoms with van der Waals surface area (Å²) in [4.78, 5) is 16.8. The van der Waals surface area contributed by atoms with E-state index < -0.39 is 5.60 Å². The molecule has 1 amide bonds. The zero-order chi connectivity index (χ0) is 13.2. The minimum Gasteiger partial charge on any atom is -0.444 e. The van der Waals surface area contributed by atoms with Crippen molar-refractivity contribution in [1.29, 1.82) is 0 Å². The molecule has 18 heavy (non-hydrogen) atoms. The predicted molar refractivity (Wildman–Crippen MR) is 69.3 cm³/mol. The van der Waals surface area contributed by atoms with Crippen LogP contribution in [0.3, 0.4) is 0 Å². The Kier molecular flexibility index (Phi) is 3.61. The molecular weight excluding hydrogens is 230 g/mol. The molecule has 0 radical (unpaired) electrons. The van der Waals surface area contributed by atoms with Crippen LogP contribution >= 0.6 is 0 Å². The Bertz CT molecular complexity index is 395. The number of amides is 1. The van der Waals surface area contributed by atoms with Crippen molar-refractivity contribution in [3.8, 4) is 0 Å². The maximum atomic E-state index is 12.0. The smallest absolute Gasteiger partial charge is 0.410 e. The lowest BCUT2D eigenvalue weighted by molar-refractivity contribution is 0.0195. The highest BCUT2D eigenvalue weighted by atomic mass is 16.6. The largest absolute Gasteiger partial charge is 0.444 e. The highest BCUT2D eigenvalue weighted by molar-refractivity contribution is 5.68. The Labute approximate surface area is 108 Å². The van der Waals surface area contributed by atoms with E-state index in [4.69, 9.17) is 4.74 Å². The Morgan fingerprint density at radius 2 is 2.28 bits per heavy atom. The van der Waals surface area contributed by atoms with Gasteiger partial charge in [-0.2, -0.15) is 0 Å². The van der Waals surface area contributed by atoms with Crippen molar-refractivity contribution in [2.45, 2.75) is 32.4 Å². The van der Waals surface area contributed by atoms with Gasteiger partial charge < -0.3 is 19.9 Å². The number of H-pyrrole nitrogens is 1. The molecule has 0 aliphatic carbocycles. The number of rotatable bonds is 1. The van der Waals surface area contributed by atoms with Gasteiger partial charge in [0.2, 0.25) is 0 Å². The molecule has 1 saturated heterocycles. The van der Waals surface area contributed by atoms with Crippen LogP contribution in [0, 0.1) is 0 Å². The van der Waals surface area contributed by atoms with Crippen LogP contribution in [0.5, 0.6) is 0 Å². The van der Waals surface area contributed by atoms with E-state index in [2.05, 4.69) is 10.3 Å². The molecule has 2 rings (SSSR count). The summed E-state index contributed by atoms with van der Waals surface area (Å²) in [7, 11) is 0. The van der Waals surface area contributed by atoms with Gasteiger partial charge in [-0.15, -0.1) is 0 Å². The number of carbonyl (C=O) groups is 1. The molecule has 2 N–H and O–H groups in total. The van der Waals surface area contributed by atoms with Crippen LogP contribution in [0.2, 0.25) is 0 Å². The van der Waals surface area contributed by atoms with E-state index in [0.717, 1.165) is 6.54 Å². The molecule has 1 unspecified atom stereocenters. The number of hydrogen-bond donors (Lipinski definition) is 2. The van der Waals surface area contributed by atoms with Gasteiger partial charge in [-0.3, -0.25) is 0 Å². The van der Waals surface area contributed by atoms with E-state index in [-0.39, 0.29) is 12.1 Å². The topological polar surface area (TPSA) is 57.4 Å². The highest BCUT2D eigenvalue weighted by Crippen LogP contribution is 2.18. The Hall–Kier alpha value is -1.49. The lowest BCUT2D eigenvalue weighted by Gasteiger charge is -2.34. The standard InChI is InChI=1S/C13H21N3O2/c1-13(2,3)18-12(17)16-7-6-15-11(9-16)10-4-5-14-8-10/h4-5,8,11,14-15H,6-7,9H2,1-3H3. The summed E-state index contributed by atoms with van der Waals surface area (Å²) in [6, 6.07) is 2.20. The van der Waals surface area contributed by atoms with Crippen LogP contribution in [-0.4, -0.2) is 41.2 Å². The van der Waals surface area contributed by atoms with Crippen LogP contribution in [0.25, 0.3) is 0 Å². The van der Waals surface area contributed by atoms with Crippen LogP contribution < -0.4 is 5.32 Å². The quantitative estimate of drug-likeness (QED) is 0.801. The van der Waals surface area contributed by atoms with Crippen LogP contribution in [-0.2, 0) is 4.74 Å². The SMILES string of the molecule is CC(C)(C)OC(=O)N1CCNC(c2cc[nH]c2)C1. The second kappa shape index (κ2) is 5.02. The van der Waals surface area contributed by atoms with Gasteiger partial charge in [0.05, 0.1) is 6.04 Å². The number of carbonyl (C=O) groups excluding carboxylic acids is 1. The first kappa shape index (κ1) is 13.0. The van der Waals surface area contributed by atoms with E-state index in [9.17, 15) is 4.79 Å². The third-order valence-corrected chi connectivity index (χ3v) is 2.85. The average Bonchev–Trinajstić information content (AvgIpc) is 2.80. The summed E-state index contributed by atoms with van der Waals surface area (Å²) in [5.74, 6) is 0. The molecular formula is C13H21N3O2. The first-order valence-electron chi connectivity index (χ1n) is 6.30. The van der Waals surface area contributed by atoms with E-state index in [1.54, 1.807) is 4.90 Å². The van der Waals surface area contributed by atoms with Crippen molar-refractivity contribution in [3.63, 3.8) is 0 Å². The van der Waals surface area contributed by atoms with Crippen molar-refractivity contribution in [2.24, 2.45) is 0 Å². The molecule has 5 nitrogen and oxygen atoms in total. The van der Waals surface area contributed by atoms with Crippen LogP contribution in [0.1, 0.15) is 32.4 Å². The zero-order valence-corrected chi connectivity index (χ0v) is 11.2. The molecule has 1 atom stereocenters. The van der Waals surface area contributed by atoms with Gasteiger partial charge in [0.1, 0.15) is 5.60 Å². The van der Waals surface area contributed by atoms with Gasteiger partial charge in [-0.25, -0.2) is 4.79 Å². The van der Waals surface area contributed by atoms with E-state index >= 15 is 0 Å². The second-order valence-electron chi connectivity index (χ2n) is 5.58. The average molecular weight is 251 g/mol. The molecule has 0 bridgehead atoms. The van der Waals surface area contributed by atoms with Gasteiger partial charge in [-0.1, -0.05) is 0 Å². The number of nitrogens with zero attached hydrogens (tertiary/aromatic N) is 1. The molecule has 1 aromatic heterocycles. The normalized spacial score (nSPS) is 20.8.